The van der Waals surface area contributed by atoms with Crippen LogP contribution in [0, 0.1) is 22.7 Å². The van der Waals surface area contributed by atoms with Crippen molar-refractivity contribution in [3.63, 3.8) is 0 Å². The highest BCUT2D eigenvalue weighted by atomic mass is 14.2. The summed E-state index contributed by atoms with van der Waals surface area (Å²) in [5.74, 6) is 6.75. The molecule has 0 fully saturated rings. The molecule has 0 heterocycles. The van der Waals surface area contributed by atoms with Crippen LogP contribution in [-0.2, 0) is 0 Å². The molecule has 14 heavy (non-hydrogen) atoms. The summed E-state index contributed by atoms with van der Waals surface area (Å²) >= 11 is 0. The lowest BCUT2D eigenvalue weighted by Gasteiger charge is -2.18. The largest absolute Gasteiger partial charge is 0.0968 e. The molecule has 0 atom stereocenters. The van der Waals surface area contributed by atoms with E-state index in [1.807, 2.05) is 0 Å². The van der Waals surface area contributed by atoms with Crippen LogP contribution in [0.5, 0.6) is 0 Å². The molecular weight excluding hydrogens is 168 g/mol. The first-order valence-corrected chi connectivity index (χ1v) is 5.81. The molecule has 0 amide bonds. The van der Waals surface area contributed by atoms with Gasteiger partial charge in [0.15, 0.2) is 0 Å². The average Bonchev–Trinajstić information content (AvgIpc) is 2.00. The van der Waals surface area contributed by atoms with Crippen molar-refractivity contribution >= 4 is 0 Å². The fourth-order valence-corrected chi connectivity index (χ4v) is 1.24. The zero-order chi connectivity index (χ0) is 11.2. The molecule has 0 saturated carbocycles. The molecule has 0 N–H and O–H groups in total. The molecule has 0 nitrogen and oxygen atoms in total. The summed E-state index contributed by atoms with van der Waals surface area (Å²) in [6.45, 7) is 13.3. The third-order valence-electron chi connectivity index (χ3n) is 2.18. The third-order valence-corrected chi connectivity index (χ3v) is 2.18. The highest BCUT2D eigenvalue weighted by Gasteiger charge is 2.14. The number of hydrogen-bond acceptors (Lipinski definition) is 0. The summed E-state index contributed by atoms with van der Waals surface area (Å²) in [4.78, 5) is 0. The molecule has 0 radical (unpaired) electrons. The highest BCUT2D eigenvalue weighted by molar-refractivity contribution is 5.13. The van der Waals surface area contributed by atoms with E-state index in [2.05, 4.69) is 53.4 Å². The van der Waals surface area contributed by atoms with Crippen molar-refractivity contribution in [3.8, 4) is 11.8 Å². The van der Waals surface area contributed by atoms with Gasteiger partial charge in [0.1, 0.15) is 0 Å². The molecule has 0 aliphatic heterocycles. The van der Waals surface area contributed by atoms with E-state index in [1.54, 1.807) is 0 Å². The highest BCUT2D eigenvalue weighted by Crippen LogP contribution is 2.23. The van der Waals surface area contributed by atoms with Gasteiger partial charge >= 0.3 is 0 Å². The van der Waals surface area contributed by atoms with Crippen LogP contribution >= 0.6 is 0 Å². The molecule has 0 aromatic rings. The van der Waals surface area contributed by atoms with Gasteiger partial charge in [0.05, 0.1) is 0 Å². The van der Waals surface area contributed by atoms with Crippen molar-refractivity contribution in [2.24, 2.45) is 10.8 Å². The van der Waals surface area contributed by atoms with Crippen molar-refractivity contribution in [1.82, 2.24) is 0 Å². The van der Waals surface area contributed by atoms with Crippen LogP contribution in [-0.4, -0.2) is 0 Å². The van der Waals surface area contributed by atoms with E-state index >= 15 is 0 Å². The van der Waals surface area contributed by atoms with Gasteiger partial charge in [-0.2, -0.15) is 0 Å². The second kappa shape index (κ2) is 5.44. The molecule has 0 aliphatic rings. The number of rotatable bonds is 4. The van der Waals surface area contributed by atoms with E-state index in [-0.39, 0.29) is 10.8 Å². The lowest BCUT2D eigenvalue weighted by atomic mass is 9.85. The Morgan fingerprint density at radius 2 is 1.43 bits per heavy atom. The van der Waals surface area contributed by atoms with E-state index in [0.717, 1.165) is 0 Å². The Bertz CT molecular complexity index is 204. The maximum atomic E-state index is 3.41. The zero-order valence-electron chi connectivity index (χ0n) is 10.8. The Morgan fingerprint density at radius 3 is 1.86 bits per heavy atom. The van der Waals surface area contributed by atoms with Crippen LogP contribution in [0.15, 0.2) is 0 Å². The predicted octanol–water partition coefficient (Wildman–Crippen LogP) is 4.64. The number of unbranched alkanes of at least 4 members (excludes halogenated alkanes) is 2. The van der Waals surface area contributed by atoms with Crippen LogP contribution in [0.1, 0.15) is 67.2 Å². The summed E-state index contributed by atoms with van der Waals surface area (Å²) in [6.07, 6.45) is 5.16. The Labute approximate surface area is 90.5 Å². The molecule has 0 spiro atoms. The Kier molecular flexibility index (Phi) is 5.27. The maximum absolute atomic E-state index is 3.41. The minimum absolute atomic E-state index is 0.141. The molecule has 0 rings (SSSR count). The van der Waals surface area contributed by atoms with Gasteiger partial charge in [0.2, 0.25) is 0 Å². The second-order valence-corrected chi connectivity index (χ2v) is 5.84. The van der Waals surface area contributed by atoms with E-state index < -0.39 is 0 Å². The Hall–Kier alpha value is -0.440. The topological polar surface area (TPSA) is 0 Å². The van der Waals surface area contributed by atoms with Crippen LogP contribution < -0.4 is 0 Å². The predicted molar refractivity (Wildman–Crippen MR) is 65.2 cm³/mol. The van der Waals surface area contributed by atoms with Crippen LogP contribution in [0.4, 0.5) is 0 Å². The molecule has 0 aliphatic carbocycles. The van der Waals surface area contributed by atoms with Crippen LogP contribution in [0.25, 0.3) is 0 Å². The van der Waals surface area contributed by atoms with Gasteiger partial charge in [-0.3, -0.25) is 0 Å². The Morgan fingerprint density at radius 1 is 0.857 bits per heavy atom. The summed E-state index contributed by atoms with van der Waals surface area (Å²) in [7, 11) is 0. The van der Waals surface area contributed by atoms with E-state index in [1.165, 1.54) is 25.7 Å². The minimum atomic E-state index is 0.141. The lowest BCUT2D eigenvalue weighted by Crippen LogP contribution is -2.10. The monoisotopic (exact) mass is 194 g/mol. The average molecular weight is 194 g/mol. The molecular formula is C14H26. The van der Waals surface area contributed by atoms with E-state index in [9.17, 15) is 0 Å². The van der Waals surface area contributed by atoms with Gasteiger partial charge in [-0.25, -0.2) is 0 Å². The molecule has 82 valence electrons. The summed E-state index contributed by atoms with van der Waals surface area (Å²) in [5, 5.41) is 0. The first kappa shape index (κ1) is 13.6. The normalized spacial score (nSPS) is 12.1. The molecule has 0 aromatic heterocycles. The van der Waals surface area contributed by atoms with Gasteiger partial charge in [-0.05, 0) is 41.0 Å². The van der Waals surface area contributed by atoms with Gasteiger partial charge in [0, 0.05) is 10.8 Å². The van der Waals surface area contributed by atoms with Gasteiger partial charge < -0.3 is 0 Å². The minimum Gasteiger partial charge on any atom is -0.0968 e. The fraction of sp³-hybridized carbons (Fsp3) is 0.857. The van der Waals surface area contributed by atoms with Crippen molar-refractivity contribution in [3.05, 3.63) is 0 Å². The standard InChI is InChI=1S/C14H26/c1-7-8-9-10-14(5,6)12-11-13(2,3)4/h7-10H2,1-6H3. The number of hydrogen-bond donors (Lipinski definition) is 0. The van der Waals surface area contributed by atoms with Crippen LogP contribution in [0.2, 0.25) is 0 Å². The Balaban J connectivity index is 4.10. The van der Waals surface area contributed by atoms with Crippen molar-refractivity contribution in [2.75, 3.05) is 0 Å². The van der Waals surface area contributed by atoms with Crippen molar-refractivity contribution in [1.29, 1.82) is 0 Å². The first-order chi connectivity index (χ1) is 6.27. The molecule has 0 unspecified atom stereocenters. The smallest absolute Gasteiger partial charge is 0.0258 e. The summed E-state index contributed by atoms with van der Waals surface area (Å²) < 4.78 is 0. The van der Waals surface area contributed by atoms with Crippen molar-refractivity contribution in [2.45, 2.75) is 67.2 Å². The maximum Gasteiger partial charge on any atom is 0.0258 e. The third kappa shape index (κ3) is 8.17. The van der Waals surface area contributed by atoms with E-state index in [4.69, 9.17) is 0 Å². The first-order valence-electron chi connectivity index (χ1n) is 5.81. The second-order valence-electron chi connectivity index (χ2n) is 5.84. The van der Waals surface area contributed by atoms with E-state index in [0.29, 0.717) is 0 Å². The molecule has 0 bridgehead atoms. The summed E-state index contributed by atoms with van der Waals surface area (Å²) in [6, 6.07) is 0. The quantitative estimate of drug-likeness (QED) is 0.451. The fourth-order valence-electron chi connectivity index (χ4n) is 1.24. The molecule has 0 aromatic carbocycles. The van der Waals surface area contributed by atoms with Gasteiger partial charge in [-0.1, -0.05) is 38.0 Å². The lowest BCUT2D eigenvalue weighted by molar-refractivity contribution is 0.427. The summed E-state index contributed by atoms with van der Waals surface area (Å²) in [5.41, 5.74) is 0.338. The molecule has 0 saturated heterocycles. The molecule has 0 heteroatoms. The zero-order valence-corrected chi connectivity index (χ0v) is 10.8. The van der Waals surface area contributed by atoms with Crippen molar-refractivity contribution < 1.29 is 0 Å². The van der Waals surface area contributed by atoms with Gasteiger partial charge in [0.25, 0.3) is 0 Å². The van der Waals surface area contributed by atoms with Gasteiger partial charge in [-0.15, -0.1) is 0 Å². The van der Waals surface area contributed by atoms with Crippen LogP contribution in [0.3, 0.4) is 0 Å². The SMILES string of the molecule is CCCCCC(C)(C)C#CC(C)(C)C.